The van der Waals surface area contributed by atoms with Crippen molar-refractivity contribution in [3.05, 3.63) is 36.2 Å². The van der Waals surface area contributed by atoms with Gasteiger partial charge in [0.15, 0.2) is 9.84 Å². The number of sulfone groups is 1. The molecular formula is C10H11FN4O2S. The van der Waals surface area contributed by atoms with E-state index >= 15 is 0 Å². The lowest BCUT2D eigenvalue weighted by molar-refractivity contribution is 0.586. The Kier molecular flexibility index (Phi) is 3.04. The number of hydrogen-bond acceptors (Lipinski definition) is 5. The number of aryl methyl sites for hydroxylation is 1. The van der Waals surface area contributed by atoms with Crippen LogP contribution in [0.25, 0.3) is 0 Å². The first-order chi connectivity index (χ1) is 8.40. The zero-order chi connectivity index (χ0) is 13.3. The van der Waals surface area contributed by atoms with Crippen LogP contribution >= 0.6 is 0 Å². The molecule has 0 aliphatic rings. The molecule has 2 aromatic rings. The van der Waals surface area contributed by atoms with Crippen molar-refractivity contribution in [3.63, 3.8) is 0 Å². The van der Waals surface area contributed by atoms with Gasteiger partial charge in [-0.3, -0.25) is 4.68 Å². The van der Waals surface area contributed by atoms with Gasteiger partial charge in [0.25, 0.3) is 0 Å². The fourth-order valence-electron chi connectivity index (χ4n) is 1.41. The zero-order valence-corrected chi connectivity index (χ0v) is 10.4. The highest BCUT2D eigenvalue weighted by Crippen LogP contribution is 2.19. The first-order valence-corrected chi connectivity index (χ1v) is 6.66. The molecule has 0 spiro atoms. The maximum Gasteiger partial charge on any atom is 0.185 e. The van der Waals surface area contributed by atoms with Crippen molar-refractivity contribution in [3.8, 4) is 0 Å². The van der Waals surface area contributed by atoms with Gasteiger partial charge in [-0.05, 0) is 18.2 Å². The molecule has 2 N–H and O–H groups in total. The van der Waals surface area contributed by atoms with Crippen LogP contribution in [-0.2, 0) is 22.6 Å². The molecule has 6 nitrogen and oxygen atoms in total. The molecule has 0 atom stereocenters. The van der Waals surface area contributed by atoms with Crippen molar-refractivity contribution >= 4 is 15.5 Å². The predicted molar refractivity (Wildman–Crippen MR) is 62.7 cm³/mol. The third-order valence-corrected chi connectivity index (χ3v) is 4.07. The van der Waals surface area contributed by atoms with E-state index in [2.05, 4.69) is 10.1 Å². The summed E-state index contributed by atoms with van der Waals surface area (Å²) >= 11 is 0. The van der Waals surface area contributed by atoms with Gasteiger partial charge >= 0.3 is 0 Å². The van der Waals surface area contributed by atoms with Gasteiger partial charge < -0.3 is 5.73 Å². The molecule has 1 heterocycles. The molecule has 0 saturated heterocycles. The Morgan fingerprint density at radius 1 is 1.44 bits per heavy atom. The molecule has 1 aromatic carbocycles. The molecule has 8 heteroatoms. The van der Waals surface area contributed by atoms with Crippen LogP contribution in [0, 0.1) is 5.82 Å². The number of anilines is 1. The van der Waals surface area contributed by atoms with Crippen molar-refractivity contribution in [2.75, 3.05) is 5.73 Å². The van der Waals surface area contributed by atoms with E-state index in [1.54, 1.807) is 7.05 Å². The van der Waals surface area contributed by atoms with E-state index in [9.17, 15) is 12.8 Å². The number of nitrogen functional groups attached to an aromatic ring is 1. The van der Waals surface area contributed by atoms with E-state index in [1.165, 1.54) is 23.1 Å². The van der Waals surface area contributed by atoms with Gasteiger partial charge in [-0.1, -0.05) is 0 Å². The lowest BCUT2D eigenvalue weighted by atomic mass is 10.3. The molecule has 2 rings (SSSR count). The number of nitrogens with two attached hydrogens (primary N) is 1. The van der Waals surface area contributed by atoms with Gasteiger partial charge in [-0.15, -0.1) is 0 Å². The zero-order valence-electron chi connectivity index (χ0n) is 9.54. The van der Waals surface area contributed by atoms with Crippen LogP contribution in [0.15, 0.2) is 29.4 Å². The van der Waals surface area contributed by atoms with E-state index in [-0.39, 0.29) is 22.2 Å². The lowest BCUT2D eigenvalue weighted by Gasteiger charge is -2.05. The Morgan fingerprint density at radius 2 is 2.17 bits per heavy atom. The molecule has 0 bridgehead atoms. The number of hydrogen-bond donors (Lipinski definition) is 1. The molecule has 1 aromatic heterocycles. The summed E-state index contributed by atoms with van der Waals surface area (Å²) in [6, 6.07) is 3.39. The van der Waals surface area contributed by atoms with Crippen LogP contribution in [0.1, 0.15) is 5.82 Å². The fourth-order valence-corrected chi connectivity index (χ4v) is 2.73. The quantitative estimate of drug-likeness (QED) is 0.821. The number of nitrogens with zero attached hydrogens (tertiary/aromatic N) is 3. The van der Waals surface area contributed by atoms with Crippen LogP contribution in [0.4, 0.5) is 10.1 Å². The SMILES string of the molecule is Cn1ncnc1CS(=O)(=O)c1ccc(N)c(F)c1. The summed E-state index contributed by atoms with van der Waals surface area (Å²) in [5.41, 5.74) is 5.21. The standard InChI is InChI=1S/C10H11FN4O2S/c1-15-10(13-6-14-15)5-18(16,17)7-2-3-9(12)8(11)4-7/h2-4,6H,5,12H2,1H3. The third kappa shape index (κ3) is 2.33. The van der Waals surface area contributed by atoms with Gasteiger partial charge in [0.05, 0.1) is 10.6 Å². The lowest BCUT2D eigenvalue weighted by Crippen LogP contribution is -2.10. The van der Waals surface area contributed by atoms with Gasteiger partial charge in [0.2, 0.25) is 0 Å². The second-order valence-corrected chi connectivity index (χ2v) is 5.73. The van der Waals surface area contributed by atoms with Crippen LogP contribution in [0.2, 0.25) is 0 Å². The minimum absolute atomic E-state index is 0.0902. The van der Waals surface area contributed by atoms with E-state index in [1.807, 2.05) is 0 Å². The number of benzene rings is 1. The monoisotopic (exact) mass is 270 g/mol. The minimum Gasteiger partial charge on any atom is -0.396 e. The molecule has 96 valence electrons. The smallest absolute Gasteiger partial charge is 0.185 e. The number of aromatic nitrogens is 3. The highest BCUT2D eigenvalue weighted by Gasteiger charge is 2.19. The molecule has 18 heavy (non-hydrogen) atoms. The Labute approximate surface area is 103 Å². The second kappa shape index (κ2) is 4.37. The Hall–Kier alpha value is -1.96. The first kappa shape index (κ1) is 12.5. The summed E-state index contributed by atoms with van der Waals surface area (Å²) in [5.74, 6) is -0.811. The van der Waals surface area contributed by atoms with Gasteiger partial charge in [-0.2, -0.15) is 5.10 Å². The Bertz CT molecular complexity index is 681. The van der Waals surface area contributed by atoms with Crippen LogP contribution in [0.3, 0.4) is 0 Å². The summed E-state index contributed by atoms with van der Waals surface area (Å²) in [5, 5.41) is 3.77. The maximum absolute atomic E-state index is 13.2. The first-order valence-electron chi connectivity index (χ1n) is 5.01. The van der Waals surface area contributed by atoms with E-state index in [4.69, 9.17) is 5.73 Å². The van der Waals surface area contributed by atoms with E-state index in [0.29, 0.717) is 0 Å². The van der Waals surface area contributed by atoms with E-state index < -0.39 is 15.7 Å². The highest BCUT2D eigenvalue weighted by atomic mass is 32.2. The van der Waals surface area contributed by atoms with Crippen LogP contribution in [0.5, 0.6) is 0 Å². The van der Waals surface area contributed by atoms with Crippen LogP contribution in [-0.4, -0.2) is 23.2 Å². The van der Waals surface area contributed by atoms with Crippen molar-refractivity contribution in [2.24, 2.45) is 7.05 Å². The topological polar surface area (TPSA) is 90.9 Å². The highest BCUT2D eigenvalue weighted by molar-refractivity contribution is 7.90. The number of halogens is 1. The Morgan fingerprint density at radius 3 is 2.72 bits per heavy atom. The summed E-state index contributed by atoms with van der Waals surface area (Å²) in [6.07, 6.45) is 1.26. The van der Waals surface area contributed by atoms with Crippen molar-refractivity contribution in [1.82, 2.24) is 14.8 Å². The molecule has 0 fully saturated rings. The van der Waals surface area contributed by atoms with Crippen molar-refractivity contribution in [2.45, 2.75) is 10.6 Å². The molecule has 0 aliphatic carbocycles. The average molecular weight is 270 g/mol. The molecule has 0 saturated carbocycles. The summed E-state index contributed by atoms with van der Waals surface area (Å²) in [4.78, 5) is 3.69. The maximum atomic E-state index is 13.2. The second-order valence-electron chi connectivity index (χ2n) is 3.74. The molecule has 0 aliphatic heterocycles. The molecular weight excluding hydrogens is 259 g/mol. The van der Waals surface area contributed by atoms with Gasteiger partial charge in [0, 0.05) is 7.05 Å². The van der Waals surface area contributed by atoms with Crippen LogP contribution < -0.4 is 5.73 Å². The summed E-state index contributed by atoms with van der Waals surface area (Å²) in [6.45, 7) is 0. The largest absolute Gasteiger partial charge is 0.396 e. The number of rotatable bonds is 3. The van der Waals surface area contributed by atoms with Gasteiger partial charge in [-0.25, -0.2) is 17.8 Å². The summed E-state index contributed by atoms with van der Waals surface area (Å²) < 4.78 is 38.7. The van der Waals surface area contributed by atoms with Crippen molar-refractivity contribution in [1.29, 1.82) is 0 Å². The van der Waals surface area contributed by atoms with E-state index in [0.717, 1.165) is 6.07 Å². The molecule has 0 radical (unpaired) electrons. The van der Waals surface area contributed by atoms with Gasteiger partial charge in [0.1, 0.15) is 23.7 Å². The normalized spacial score (nSPS) is 11.7. The molecule has 0 unspecified atom stereocenters. The summed E-state index contributed by atoms with van der Waals surface area (Å²) in [7, 11) is -2.08. The molecule has 0 amide bonds. The fraction of sp³-hybridized carbons (Fsp3) is 0.200. The predicted octanol–water partition coefficient (Wildman–Crippen LogP) is 0.510. The van der Waals surface area contributed by atoms with Crippen molar-refractivity contribution < 1.29 is 12.8 Å². The minimum atomic E-state index is -3.66. The third-order valence-electron chi connectivity index (χ3n) is 2.46. The Balaban J connectivity index is 2.37. The average Bonchev–Trinajstić information content (AvgIpc) is 2.67.